The third-order valence-corrected chi connectivity index (χ3v) is 1.81. The van der Waals surface area contributed by atoms with Gasteiger partial charge < -0.3 is 14.9 Å². The standard InChI is InChI=1S/C7H14O3/c1-5(8)7-6(9)3-2-4-10-7/h5-9H,2-4H2,1H3/t5?,6-,7?/m0/s1. The predicted octanol–water partition coefficient (Wildman–Crippen LogP) is -0.0929. The normalized spacial score (nSPS) is 37.5. The Bertz CT molecular complexity index is 103. The van der Waals surface area contributed by atoms with E-state index < -0.39 is 12.2 Å². The van der Waals surface area contributed by atoms with Crippen LogP contribution in [0.1, 0.15) is 19.8 Å². The van der Waals surface area contributed by atoms with Gasteiger partial charge in [0.1, 0.15) is 6.10 Å². The van der Waals surface area contributed by atoms with E-state index in [-0.39, 0.29) is 6.10 Å². The molecule has 1 aliphatic rings. The molecule has 0 saturated carbocycles. The summed E-state index contributed by atoms with van der Waals surface area (Å²) in [6.07, 6.45) is 0.234. The summed E-state index contributed by atoms with van der Waals surface area (Å²) in [6.45, 7) is 2.30. The Hall–Kier alpha value is -0.120. The van der Waals surface area contributed by atoms with Crippen molar-refractivity contribution in [2.45, 2.75) is 38.1 Å². The molecule has 60 valence electrons. The van der Waals surface area contributed by atoms with Crippen LogP contribution in [0.4, 0.5) is 0 Å². The van der Waals surface area contributed by atoms with Crippen LogP contribution in [-0.4, -0.2) is 35.1 Å². The van der Waals surface area contributed by atoms with E-state index >= 15 is 0 Å². The summed E-state index contributed by atoms with van der Waals surface area (Å²) in [6, 6.07) is 0. The second-order valence-electron chi connectivity index (χ2n) is 2.79. The van der Waals surface area contributed by atoms with Crippen molar-refractivity contribution in [3.05, 3.63) is 0 Å². The van der Waals surface area contributed by atoms with Crippen LogP contribution >= 0.6 is 0 Å². The Labute approximate surface area is 60.6 Å². The van der Waals surface area contributed by atoms with E-state index in [4.69, 9.17) is 9.84 Å². The highest BCUT2D eigenvalue weighted by Crippen LogP contribution is 2.16. The average molecular weight is 146 g/mol. The largest absolute Gasteiger partial charge is 0.391 e. The van der Waals surface area contributed by atoms with Gasteiger partial charge in [-0.25, -0.2) is 0 Å². The maximum Gasteiger partial charge on any atom is 0.109 e. The van der Waals surface area contributed by atoms with Gasteiger partial charge in [0.2, 0.25) is 0 Å². The fraction of sp³-hybridized carbons (Fsp3) is 1.00. The van der Waals surface area contributed by atoms with Crippen molar-refractivity contribution < 1.29 is 14.9 Å². The zero-order chi connectivity index (χ0) is 7.56. The maximum absolute atomic E-state index is 9.25. The van der Waals surface area contributed by atoms with Crippen LogP contribution in [0.2, 0.25) is 0 Å². The zero-order valence-corrected chi connectivity index (χ0v) is 6.16. The molecular weight excluding hydrogens is 132 g/mol. The number of rotatable bonds is 1. The Morgan fingerprint density at radius 2 is 2.30 bits per heavy atom. The van der Waals surface area contributed by atoms with Gasteiger partial charge in [0.15, 0.2) is 0 Å². The van der Waals surface area contributed by atoms with E-state index in [0.717, 1.165) is 12.8 Å². The van der Waals surface area contributed by atoms with Crippen molar-refractivity contribution in [3.63, 3.8) is 0 Å². The summed E-state index contributed by atoms with van der Waals surface area (Å²) < 4.78 is 5.15. The Morgan fingerprint density at radius 1 is 1.60 bits per heavy atom. The number of aliphatic hydroxyl groups excluding tert-OH is 2. The van der Waals surface area contributed by atoms with Gasteiger partial charge in [-0.05, 0) is 19.8 Å². The minimum atomic E-state index is -0.560. The van der Waals surface area contributed by atoms with Gasteiger partial charge in [-0.1, -0.05) is 0 Å². The minimum Gasteiger partial charge on any atom is -0.391 e. The van der Waals surface area contributed by atoms with Crippen LogP contribution in [0.3, 0.4) is 0 Å². The molecule has 3 nitrogen and oxygen atoms in total. The van der Waals surface area contributed by atoms with Crippen LogP contribution < -0.4 is 0 Å². The SMILES string of the molecule is CC(O)C1OCCC[C@@H]1O. The van der Waals surface area contributed by atoms with E-state index in [1.165, 1.54) is 0 Å². The molecule has 0 aromatic heterocycles. The van der Waals surface area contributed by atoms with Gasteiger partial charge >= 0.3 is 0 Å². The lowest BCUT2D eigenvalue weighted by Gasteiger charge is -2.29. The van der Waals surface area contributed by atoms with Gasteiger partial charge in [-0.15, -0.1) is 0 Å². The predicted molar refractivity (Wildman–Crippen MR) is 36.7 cm³/mol. The molecule has 0 spiro atoms. The summed E-state index contributed by atoms with van der Waals surface area (Å²) in [5.74, 6) is 0. The third-order valence-electron chi connectivity index (χ3n) is 1.81. The first-order valence-corrected chi connectivity index (χ1v) is 3.69. The maximum atomic E-state index is 9.25. The highest BCUT2D eigenvalue weighted by molar-refractivity contribution is 4.77. The average Bonchev–Trinajstić information content (AvgIpc) is 1.88. The van der Waals surface area contributed by atoms with Crippen LogP contribution in [-0.2, 0) is 4.74 Å². The first-order valence-electron chi connectivity index (χ1n) is 3.69. The fourth-order valence-electron chi connectivity index (χ4n) is 1.25. The highest BCUT2D eigenvalue weighted by atomic mass is 16.5. The van der Waals surface area contributed by atoms with Gasteiger partial charge in [0.05, 0.1) is 12.2 Å². The van der Waals surface area contributed by atoms with Gasteiger partial charge in [-0.3, -0.25) is 0 Å². The van der Waals surface area contributed by atoms with E-state index in [0.29, 0.717) is 6.61 Å². The lowest BCUT2D eigenvalue weighted by molar-refractivity contribution is -0.121. The quantitative estimate of drug-likeness (QED) is 0.543. The number of hydrogen-bond acceptors (Lipinski definition) is 3. The molecule has 3 heteroatoms. The van der Waals surface area contributed by atoms with E-state index in [1.54, 1.807) is 6.92 Å². The van der Waals surface area contributed by atoms with E-state index in [1.807, 2.05) is 0 Å². The van der Waals surface area contributed by atoms with E-state index in [9.17, 15) is 5.11 Å². The minimum absolute atomic E-state index is 0.367. The molecule has 0 amide bonds. The van der Waals surface area contributed by atoms with Crippen LogP contribution in [0.25, 0.3) is 0 Å². The Morgan fingerprint density at radius 3 is 2.70 bits per heavy atom. The van der Waals surface area contributed by atoms with E-state index in [2.05, 4.69) is 0 Å². The van der Waals surface area contributed by atoms with Crippen LogP contribution in [0.5, 0.6) is 0 Å². The van der Waals surface area contributed by atoms with Gasteiger partial charge in [-0.2, -0.15) is 0 Å². The fourth-order valence-corrected chi connectivity index (χ4v) is 1.25. The van der Waals surface area contributed by atoms with Gasteiger partial charge in [0, 0.05) is 6.61 Å². The van der Waals surface area contributed by atoms with Crippen LogP contribution in [0, 0.1) is 0 Å². The van der Waals surface area contributed by atoms with Crippen molar-refractivity contribution in [1.82, 2.24) is 0 Å². The van der Waals surface area contributed by atoms with Crippen molar-refractivity contribution in [2.24, 2.45) is 0 Å². The summed E-state index contributed by atoms with van der Waals surface area (Å²) in [4.78, 5) is 0. The number of ether oxygens (including phenoxy) is 1. The summed E-state index contributed by atoms with van der Waals surface area (Å²) in [7, 11) is 0. The molecule has 1 rings (SSSR count). The summed E-state index contributed by atoms with van der Waals surface area (Å²) in [5.41, 5.74) is 0. The first kappa shape index (κ1) is 7.98. The third kappa shape index (κ3) is 1.68. The molecular formula is C7H14O3. The lowest BCUT2D eigenvalue weighted by Crippen LogP contribution is -2.41. The molecule has 10 heavy (non-hydrogen) atoms. The van der Waals surface area contributed by atoms with Crippen LogP contribution in [0.15, 0.2) is 0 Å². The van der Waals surface area contributed by atoms with Crippen molar-refractivity contribution in [3.8, 4) is 0 Å². The molecule has 2 unspecified atom stereocenters. The molecule has 0 bridgehead atoms. The molecule has 1 heterocycles. The molecule has 1 fully saturated rings. The molecule has 0 aromatic rings. The second-order valence-corrected chi connectivity index (χ2v) is 2.79. The Kier molecular flexibility index (Phi) is 2.65. The molecule has 3 atom stereocenters. The molecule has 1 saturated heterocycles. The zero-order valence-electron chi connectivity index (χ0n) is 6.16. The van der Waals surface area contributed by atoms with Gasteiger partial charge in [0.25, 0.3) is 0 Å². The highest BCUT2D eigenvalue weighted by Gasteiger charge is 2.27. The lowest BCUT2D eigenvalue weighted by atomic mass is 10.0. The second kappa shape index (κ2) is 3.32. The first-order chi connectivity index (χ1) is 4.72. The Balaban J connectivity index is 2.40. The topological polar surface area (TPSA) is 49.7 Å². The molecule has 0 radical (unpaired) electrons. The number of aliphatic hydroxyl groups is 2. The van der Waals surface area contributed by atoms with Crippen molar-refractivity contribution in [1.29, 1.82) is 0 Å². The molecule has 2 N–H and O–H groups in total. The molecule has 0 aliphatic carbocycles. The smallest absolute Gasteiger partial charge is 0.109 e. The molecule has 1 aliphatic heterocycles. The summed E-state index contributed by atoms with van der Waals surface area (Å²) >= 11 is 0. The van der Waals surface area contributed by atoms with Crippen molar-refractivity contribution >= 4 is 0 Å². The molecule has 0 aromatic carbocycles. The number of hydrogen-bond donors (Lipinski definition) is 2. The monoisotopic (exact) mass is 146 g/mol. The van der Waals surface area contributed by atoms with Crippen molar-refractivity contribution in [2.75, 3.05) is 6.61 Å². The summed E-state index contributed by atoms with van der Waals surface area (Å²) in [5, 5.41) is 18.3.